The van der Waals surface area contributed by atoms with Gasteiger partial charge in [-0.3, -0.25) is 0 Å². The highest BCUT2D eigenvalue weighted by Crippen LogP contribution is 2.29. The number of hydrogen-bond donors (Lipinski definition) is 2. The zero-order valence-electron chi connectivity index (χ0n) is 11.6. The van der Waals surface area contributed by atoms with Crippen molar-refractivity contribution < 1.29 is 13.2 Å². The van der Waals surface area contributed by atoms with Gasteiger partial charge in [-0.25, -0.2) is 9.97 Å². The van der Waals surface area contributed by atoms with E-state index in [4.69, 9.17) is 0 Å². The van der Waals surface area contributed by atoms with E-state index in [2.05, 4.69) is 20.6 Å². The maximum atomic E-state index is 12.8. The predicted octanol–water partition coefficient (Wildman–Crippen LogP) is 3.98. The van der Waals surface area contributed by atoms with Crippen LogP contribution in [0, 0.1) is 6.92 Å². The van der Waals surface area contributed by atoms with Gasteiger partial charge in [-0.05, 0) is 25.5 Å². The number of para-hydroxylation sites is 1. The summed E-state index contributed by atoms with van der Waals surface area (Å²) in [5.41, 5.74) is 1.61. The number of nitrogens with one attached hydrogen (secondary N) is 2. The van der Waals surface area contributed by atoms with Crippen LogP contribution in [0.15, 0.2) is 30.3 Å². The van der Waals surface area contributed by atoms with Crippen LogP contribution in [-0.2, 0) is 6.18 Å². The van der Waals surface area contributed by atoms with E-state index >= 15 is 0 Å². The fourth-order valence-corrected chi connectivity index (χ4v) is 1.76. The van der Waals surface area contributed by atoms with Gasteiger partial charge in [0.1, 0.15) is 11.6 Å². The average Bonchev–Trinajstić information content (AvgIpc) is 2.41. The van der Waals surface area contributed by atoms with Gasteiger partial charge in [0.15, 0.2) is 0 Å². The molecule has 0 aliphatic heterocycles. The Morgan fingerprint density at radius 1 is 1.10 bits per heavy atom. The molecule has 0 atom stereocenters. The molecule has 7 heteroatoms. The van der Waals surface area contributed by atoms with Crippen LogP contribution in [0.3, 0.4) is 0 Å². The number of halogens is 3. The second-order valence-corrected chi connectivity index (χ2v) is 4.43. The van der Waals surface area contributed by atoms with Crippen molar-refractivity contribution in [2.75, 3.05) is 17.2 Å². The monoisotopic (exact) mass is 296 g/mol. The molecule has 0 aliphatic rings. The summed E-state index contributed by atoms with van der Waals surface area (Å²) in [4.78, 5) is 7.01. The average molecular weight is 296 g/mol. The van der Waals surface area contributed by atoms with E-state index < -0.39 is 12.0 Å². The molecule has 0 aliphatic carbocycles. The first kappa shape index (κ1) is 15.1. The summed E-state index contributed by atoms with van der Waals surface area (Å²) < 4.78 is 38.5. The van der Waals surface area contributed by atoms with Gasteiger partial charge in [-0.15, -0.1) is 0 Å². The van der Waals surface area contributed by atoms with Crippen molar-refractivity contribution in [1.82, 2.24) is 9.97 Å². The number of aryl methyl sites for hydroxylation is 1. The number of nitrogens with zero attached hydrogens (tertiary/aromatic N) is 2. The summed E-state index contributed by atoms with van der Waals surface area (Å²) in [6.45, 7) is 4.11. The first-order valence-electron chi connectivity index (χ1n) is 6.43. The van der Waals surface area contributed by atoms with Crippen molar-refractivity contribution >= 4 is 17.3 Å². The fourth-order valence-electron chi connectivity index (χ4n) is 1.76. The molecule has 2 rings (SSSR count). The Balaban J connectivity index is 2.38. The van der Waals surface area contributed by atoms with E-state index in [0.717, 1.165) is 5.56 Å². The second-order valence-electron chi connectivity index (χ2n) is 4.43. The zero-order chi connectivity index (χ0) is 15.5. The molecular formula is C14H15F3N4. The van der Waals surface area contributed by atoms with E-state index in [0.29, 0.717) is 12.2 Å². The minimum absolute atomic E-state index is 0.0996. The highest BCUT2D eigenvalue weighted by molar-refractivity contribution is 5.62. The van der Waals surface area contributed by atoms with Gasteiger partial charge >= 0.3 is 6.18 Å². The molecule has 0 saturated carbocycles. The lowest BCUT2D eigenvalue weighted by Gasteiger charge is -2.13. The molecule has 21 heavy (non-hydrogen) atoms. The Kier molecular flexibility index (Phi) is 4.30. The van der Waals surface area contributed by atoms with Crippen molar-refractivity contribution in [2.45, 2.75) is 20.0 Å². The van der Waals surface area contributed by atoms with Crippen molar-refractivity contribution in [1.29, 1.82) is 0 Å². The predicted molar refractivity (Wildman–Crippen MR) is 75.7 cm³/mol. The molecule has 0 bridgehead atoms. The van der Waals surface area contributed by atoms with Crippen molar-refractivity contribution in [3.8, 4) is 0 Å². The molecule has 4 nitrogen and oxygen atoms in total. The number of anilines is 3. The first-order chi connectivity index (χ1) is 9.90. The van der Waals surface area contributed by atoms with Crippen LogP contribution in [0.4, 0.5) is 30.5 Å². The Bertz CT molecular complexity index is 626. The molecule has 1 heterocycles. The van der Waals surface area contributed by atoms with Gasteiger partial charge in [-0.1, -0.05) is 18.2 Å². The van der Waals surface area contributed by atoms with Gasteiger partial charge in [-0.2, -0.15) is 13.2 Å². The van der Waals surface area contributed by atoms with E-state index in [1.165, 1.54) is 6.07 Å². The minimum atomic E-state index is -4.59. The van der Waals surface area contributed by atoms with Gasteiger partial charge in [0.25, 0.3) is 0 Å². The Hall–Kier alpha value is -2.31. The summed E-state index contributed by atoms with van der Waals surface area (Å²) in [7, 11) is 0. The van der Waals surface area contributed by atoms with E-state index in [1.807, 2.05) is 19.1 Å². The van der Waals surface area contributed by atoms with Gasteiger partial charge in [0, 0.05) is 18.3 Å². The smallest absolute Gasteiger partial charge is 0.370 e. The van der Waals surface area contributed by atoms with E-state index in [1.54, 1.807) is 19.1 Å². The molecule has 1 aromatic carbocycles. The normalized spacial score (nSPS) is 11.3. The summed E-state index contributed by atoms with van der Waals surface area (Å²) in [6, 6.07) is 8.74. The Labute approximate surface area is 120 Å². The maximum absolute atomic E-state index is 12.8. The molecule has 2 N–H and O–H groups in total. The number of hydrogen-bond acceptors (Lipinski definition) is 4. The quantitative estimate of drug-likeness (QED) is 0.896. The lowest BCUT2D eigenvalue weighted by molar-refractivity contribution is -0.144. The van der Waals surface area contributed by atoms with Gasteiger partial charge < -0.3 is 10.6 Å². The summed E-state index contributed by atoms with van der Waals surface area (Å²) in [5, 5.41) is 5.66. The van der Waals surface area contributed by atoms with Gasteiger partial charge in [0.2, 0.25) is 5.82 Å². The second kappa shape index (κ2) is 5.99. The third-order valence-electron chi connectivity index (χ3n) is 2.75. The van der Waals surface area contributed by atoms with Crippen LogP contribution < -0.4 is 10.6 Å². The summed E-state index contributed by atoms with van der Waals surface area (Å²) in [6.07, 6.45) is -4.59. The topological polar surface area (TPSA) is 49.8 Å². The minimum Gasteiger partial charge on any atom is -0.370 e. The lowest BCUT2D eigenvalue weighted by Crippen LogP contribution is -2.14. The van der Waals surface area contributed by atoms with E-state index in [9.17, 15) is 13.2 Å². The highest BCUT2D eigenvalue weighted by Gasteiger charge is 2.35. The third-order valence-corrected chi connectivity index (χ3v) is 2.75. The summed E-state index contributed by atoms with van der Waals surface area (Å²) >= 11 is 0. The van der Waals surface area contributed by atoms with Crippen LogP contribution >= 0.6 is 0 Å². The lowest BCUT2D eigenvalue weighted by atomic mass is 10.2. The molecule has 2 aromatic rings. The van der Waals surface area contributed by atoms with E-state index in [-0.39, 0.29) is 11.6 Å². The Morgan fingerprint density at radius 3 is 2.38 bits per heavy atom. The van der Waals surface area contributed by atoms with Crippen LogP contribution in [0.25, 0.3) is 0 Å². The molecule has 112 valence electrons. The van der Waals surface area contributed by atoms with Crippen LogP contribution in [0.1, 0.15) is 18.3 Å². The first-order valence-corrected chi connectivity index (χ1v) is 6.43. The molecule has 0 saturated heterocycles. The van der Waals surface area contributed by atoms with Crippen LogP contribution in [0.2, 0.25) is 0 Å². The van der Waals surface area contributed by atoms with Crippen LogP contribution in [0.5, 0.6) is 0 Å². The van der Waals surface area contributed by atoms with Crippen molar-refractivity contribution in [3.63, 3.8) is 0 Å². The zero-order valence-corrected chi connectivity index (χ0v) is 11.6. The number of benzene rings is 1. The van der Waals surface area contributed by atoms with Crippen molar-refractivity contribution in [3.05, 3.63) is 41.7 Å². The molecule has 1 aromatic heterocycles. The molecule has 0 fully saturated rings. The molecule has 0 amide bonds. The van der Waals surface area contributed by atoms with Gasteiger partial charge in [0.05, 0.1) is 0 Å². The number of alkyl halides is 3. The number of rotatable bonds is 4. The molecule has 0 unspecified atom stereocenters. The maximum Gasteiger partial charge on any atom is 0.451 e. The highest BCUT2D eigenvalue weighted by atomic mass is 19.4. The molecule has 0 radical (unpaired) electrons. The number of aromatic nitrogens is 2. The summed E-state index contributed by atoms with van der Waals surface area (Å²) in [5.74, 6) is -0.935. The molecule has 0 spiro atoms. The third kappa shape index (κ3) is 3.84. The molecular weight excluding hydrogens is 281 g/mol. The van der Waals surface area contributed by atoms with Crippen LogP contribution in [-0.4, -0.2) is 16.5 Å². The Morgan fingerprint density at radius 2 is 1.76 bits per heavy atom. The van der Waals surface area contributed by atoms with Crippen molar-refractivity contribution in [2.24, 2.45) is 0 Å². The SMILES string of the molecule is CCNc1cc(Nc2ccccc2C)nc(C(F)(F)F)n1. The fraction of sp³-hybridized carbons (Fsp3) is 0.286. The standard InChI is InChI=1S/C14H15F3N4/c1-3-18-11-8-12(21-13(20-11)14(15,16)17)19-10-7-5-4-6-9(10)2/h4-8H,3H2,1-2H3,(H2,18,19,20,21). The largest absolute Gasteiger partial charge is 0.451 e.